The van der Waals surface area contributed by atoms with Gasteiger partial charge in [-0.3, -0.25) is 4.79 Å². The van der Waals surface area contributed by atoms with E-state index in [0.29, 0.717) is 12.2 Å². The van der Waals surface area contributed by atoms with E-state index >= 15 is 0 Å². The van der Waals surface area contributed by atoms with Crippen molar-refractivity contribution in [1.29, 1.82) is 0 Å². The number of carbonyl (C=O) groups is 3. The van der Waals surface area contributed by atoms with Gasteiger partial charge in [-0.2, -0.15) is 0 Å². The van der Waals surface area contributed by atoms with Gasteiger partial charge >= 0.3 is 18.0 Å². The number of aliphatic carboxylic acids is 2. The fourth-order valence-electron chi connectivity index (χ4n) is 1.56. The van der Waals surface area contributed by atoms with E-state index in [1.54, 1.807) is 11.6 Å². The topological polar surface area (TPSA) is 146 Å². The molecule has 2 amide bonds. The van der Waals surface area contributed by atoms with Crippen molar-refractivity contribution in [3.8, 4) is 0 Å². The largest absolute Gasteiger partial charge is 0.481 e. The normalized spacial score (nSPS) is 11.7. The highest BCUT2D eigenvalue weighted by Crippen LogP contribution is 1.98. The quantitative estimate of drug-likeness (QED) is 0.480. The Morgan fingerprint density at radius 2 is 2.10 bits per heavy atom. The maximum Gasteiger partial charge on any atom is 0.326 e. The SMILES string of the molecule is Cn1cnnc1CCNC(=O)NC(CCC(=O)O)C(=O)O. The Labute approximate surface area is 120 Å². The number of carbonyl (C=O) groups excluding carboxylic acids is 1. The Hall–Kier alpha value is -2.65. The lowest BCUT2D eigenvalue weighted by Gasteiger charge is -2.14. The van der Waals surface area contributed by atoms with Crippen LogP contribution in [0.3, 0.4) is 0 Å². The number of amides is 2. The van der Waals surface area contributed by atoms with Crippen LogP contribution in [0.4, 0.5) is 4.79 Å². The first-order valence-electron chi connectivity index (χ1n) is 6.22. The molecule has 0 spiro atoms. The van der Waals surface area contributed by atoms with Gasteiger partial charge in [-0.1, -0.05) is 0 Å². The number of hydrogen-bond donors (Lipinski definition) is 4. The predicted octanol–water partition coefficient (Wildman–Crippen LogP) is -1.03. The molecule has 0 fully saturated rings. The number of aromatic nitrogens is 3. The molecule has 0 aromatic carbocycles. The standard InChI is InChI=1S/C11H17N5O5/c1-16-6-13-15-8(16)4-5-12-11(21)14-7(10(19)20)2-3-9(17)18/h6-7H,2-5H2,1H3,(H,17,18)(H,19,20)(H2,12,14,21). The maximum atomic E-state index is 11.5. The summed E-state index contributed by atoms with van der Waals surface area (Å²) < 4.78 is 1.70. The third kappa shape index (κ3) is 5.89. The molecule has 10 heteroatoms. The number of nitrogens with one attached hydrogen (secondary N) is 2. The van der Waals surface area contributed by atoms with E-state index in [4.69, 9.17) is 10.2 Å². The number of aryl methyl sites for hydroxylation is 1. The lowest BCUT2D eigenvalue weighted by Crippen LogP contribution is -2.46. The van der Waals surface area contributed by atoms with E-state index in [1.165, 1.54) is 6.33 Å². The number of hydrogen-bond acceptors (Lipinski definition) is 5. The van der Waals surface area contributed by atoms with Crippen molar-refractivity contribution in [1.82, 2.24) is 25.4 Å². The molecule has 10 nitrogen and oxygen atoms in total. The summed E-state index contributed by atoms with van der Waals surface area (Å²) in [4.78, 5) is 32.8. The molecule has 1 heterocycles. The molecule has 0 aliphatic rings. The first-order valence-corrected chi connectivity index (χ1v) is 6.22. The van der Waals surface area contributed by atoms with Crippen molar-refractivity contribution in [3.63, 3.8) is 0 Å². The van der Waals surface area contributed by atoms with Gasteiger partial charge in [0.25, 0.3) is 0 Å². The number of carboxylic acid groups (broad SMARTS) is 2. The van der Waals surface area contributed by atoms with Crippen LogP contribution in [0.15, 0.2) is 6.33 Å². The van der Waals surface area contributed by atoms with Crippen molar-refractivity contribution < 1.29 is 24.6 Å². The molecule has 0 saturated heterocycles. The molecule has 0 radical (unpaired) electrons. The van der Waals surface area contributed by atoms with Crippen LogP contribution in [0.25, 0.3) is 0 Å². The smallest absolute Gasteiger partial charge is 0.326 e. The summed E-state index contributed by atoms with van der Waals surface area (Å²) in [7, 11) is 1.77. The Kier molecular flexibility index (Phi) is 6.11. The number of carboxylic acids is 2. The van der Waals surface area contributed by atoms with Crippen molar-refractivity contribution in [2.75, 3.05) is 6.54 Å². The van der Waals surface area contributed by atoms with Crippen LogP contribution in [-0.4, -0.2) is 55.5 Å². The van der Waals surface area contributed by atoms with Gasteiger partial charge in [0.15, 0.2) is 0 Å². The van der Waals surface area contributed by atoms with Gasteiger partial charge in [-0.15, -0.1) is 10.2 Å². The van der Waals surface area contributed by atoms with Crippen LogP contribution in [0.5, 0.6) is 0 Å². The highest BCUT2D eigenvalue weighted by atomic mass is 16.4. The summed E-state index contributed by atoms with van der Waals surface area (Å²) in [6.07, 6.45) is 1.45. The zero-order valence-electron chi connectivity index (χ0n) is 11.4. The van der Waals surface area contributed by atoms with Crippen LogP contribution in [0.1, 0.15) is 18.7 Å². The van der Waals surface area contributed by atoms with Crippen molar-refractivity contribution in [2.45, 2.75) is 25.3 Å². The zero-order valence-corrected chi connectivity index (χ0v) is 11.4. The second kappa shape index (κ2) is 7.82. The monoisotopic (exact) mass is 299 g/mol. The minimum atomic E-state index is -1.28. The summed E-state index contributed by atoms with van der Waals surface area (Å²) in [6.45, 7) is 0.254. The molecule has 1 aromatic rings. The Morgan fingerprint density at radius 1 is 1.38 bits per heavy atom. The summed E-state index contributed by atoms with van der Waals surface area (Å²) in [5.41, 5.74) is 0. The van der Waals surface area contributed by atoms with Crippen LogP contribution >= 0.6 is 0 Å². The average molecular weight is 299 g/mol. The number of nitrogens with zero attached hydrogens (tertiary/aromatic N) is 3. The summed E-state index contributed by atoms with van der Waals surface area (Å²) in [5, 5.41) is 29.6. The Bertz CT molecular complexity index is 515. The summed E-state index contributed by atoms with van der Waals surface area (Å²) in [6, 6.07) is -1.91. The van der Waals surface area contributed by atoms with Gasteiger partial charge in [0.05, 0.1) is 0 Å². The van der Waals surface area contributed by atoms with Gasteiger partial charge < -0.3 is 25.4 Å². The van der Waals surface area contributed by atoms with Gasteiger partial charge in [0, 0.05) is 26.4 Å². The Balaban J connectivity index is 2.34. The lowest BCUT2D eigenvalue weighted by atomic mass is 10.1. The zero-order chi connectivity index (χ0) is 15.8. The van der Waals surface area contributed by atoms with Gasteiger partial charge in [-0.25, -0.2) is 9.59 Å². The summed E-state index contributed by atoms with van der Waals surface area (Å²) in [5.74, 6) is -1.72. The fraction of sp³-hybridized carbons (Fsp3) is 0.545. The van der Waals surface area contributed by atoms with E-state index in [2.05, 4.69) is 20.8 Å². The minimum absolute atomic E-state index is 0.179. The predicted molar refractivity (Wildman–Crippen MR) is 69.5 cm³/mol. The van der Waals surface area contributed by atoms with Gasteiger partial charge in [0.1, 0.15) is 18.2 Å². The Morgan fingerprint density at radius 3 is 2.62 bits per heavy atom. The lowest BCUT2D eigenvalue weighted by molar-refractivity contribution is -0.140. The molecule has 116 valence electrons. The number of rotatable bonds is 8. The summed E-state index contributed by atoms with van der Waals surface area (Å²) >= 11 is 0. The van der Waals surface area contributed by atoms with E-state index in [0.717, 1.165) is 0 Å². The molecule has 1 atom stereocenters. The van der Waals surface area contributed by atoms with Crippen LogP contribution < -0.4 is 10.6 Å². The second-order valence-electron chi connectivity index (χ2n) is 4.33. The van der Waals surface area contributed by atoms with Crippen molar-refractivity contribution in [2.24, 2.45) is 7.05 Å². The van der Waals surface area contributed by atoms with Gasteiger partial charge in [0.2, 0.25) is 0 Å². The molecule has 0 aliphatic heterocycles. The molecule has 21 heavy (non-hydrogen) atoms. The molecule has 1 rings (SSSR count). The molecule has 0 bridgehead atoms. The van der Waals surface area contributed by atoms with E-state index in [9.17, 15) is 14.4 Å². The van der Waals surface area contributed by atoms with E-state index in [1.807, 2.05) is 0 Å². The molecular formula is C11H17N5O5. The molecule has 0 saturated carbocycles. The highest BCUT2D eigenvalue weighted by Gasteiger charge is 2.20. The molecule has 1 aromatic heterocycles. The van der Waals surface area contributed by atoms with Crippen molar-refractivity contribution in [3.05, 3.63) is 12.2 Å². The third-order valence-corrected chi connectivity index (χ3v) is 2.69. The maximum absolute atomic E-state index is 11.5. The molecular weight excluding hydrogens is 282 g/mol. The molecule has 1 unspecified atom stereocenters. The second-order valence-corrected chi connectivity index (χ2v) is 4.33. The fourth-order valence-corrected chi connectivity index (χ4v) is 1.56. The van der Waals surface area contributed by atoms with Crippen molar-refractivity contribution >= 4 is 18.0 Å². The van der Waals surface area contributed by atoms with E-state index < -0.39 is 24.0 Å². The third-order valence-electron chi connectivity index (χ3n) is 2.69. The highest BCUT2D eigenvalue weighted by molar-refractivity contribution is 5.82. The first kappa shape index (κ1) is 16.4. The average Bonchev–Trinajstić information content (AvgIpc) is 2.79. The van der Waals surface area contributed by atoms with Crippen LogP contribution in [0, 0.1) is 0 Å². The first-order chi connectivity index (χ1) is 9.90. The van der Waals surface area contributed by atoms with Gasteiger partial charge in [-0.05, 0) is 6.42 Å². The van der Waals surface area contributed by atoms with Crippen LogP contribution in [-0.2, 0) is 23.1 Å². The minimum Gasteiger partial charge on any atom is -0.481 e. The number of urea groups is 1. The van der Waals surface area contributed by atoms with Crippen LogP contribution in [0.2, 0.25) is 0 Å². The van der Waals surface area contributed by atoms with E-state index in [-0.39, 0.29) is 19.4 Å². The molecule has 0 aliphatic carbocycles. The molecule has 4 N–H and O–H groups in total.